The molecule has 0 amide bonds. The third-order valence-corrected chi connectivity index (χ3v) is 6.73. The summed E-state index contributed by atoms with van der Waals surface area (Å²) >= 11 is 1.31. The normalized spacial score (nSPS) is 13.5. The first-order chi connectivity index (χ1) is 10.5. The van der Waals surface area contributed by atoms with E-state index >= 15 is 0 Å². The lowest BCUT2D eigenvalue weighted by atomic mass is 10.4. The number of nitrogens with zero attached hydrogens (tertiary/aromatic N) is 2. The van der Waals surface area contributed by atoms with Crippen LogP contribution in [0.1, 0.15) is 6.42 Å². The summed E-state index contributed by atoms with van der Waals surface area (Å²) in [6.45, 7) is 0.745. The van der Waals surface area contributed by atoms with Crippen LogP contribution in [-0.2, 0) is 18.0 Å². The van der Waals surface area contributed by atoms with Gasteiger partial charge >= 0.3 is 8.80 Å². The maximum atomic E-state index is 9.81. The van der Waals surface area contributed by atoms with Crippen molar-refractivity contribution in [2.24, 2.45) is 0 Å². The molecule has 0 saturated heterocycles. The van der Waals surface area contributed by atoms with E-state index in [1.54, 1.807) is 21.3 Å². The van der Waals surface area contributed by atoms with Gasteiger partial charge in [-0.25, -0.2) is 5.10 Å². The van der Waals surface area contributed by atoms with Crippen LogP contribution in [0.15, 0.2) is 5.16 Å². The Labute approximate surface area is 135 Å². The lowest BCUT2D eigenvalue weighted by Gasteiger charge is -2.24. The molecule has 1 heterocycles. The average molecular weight is 352 g/mol. The zero-order chi connectivity index (χ0) is 16.4. The minimum atomic E-state index is -2.53. The summed E-state index contributed by atoms with van der Waals surface area (Å²) < 4.78 is 21.4. The second kappa shape index (κ2) is 10.2. The summed E-state index contributed by atoms with van der Waals surface area (Å²) in [5.74, 6) is 0.694. The van der Waals surface area contributed by atoms with Gasteiger partial charge in [0.15, 0.2) is 0 Å². The van der Waals surface area contributed by atoms with E-state index in [1.165, 1.54) is 11.8 Å². The molecule has 0 spiro atoms. The predicted octanol–water partition coefficient (Wildman–Crippen LogP) is 0.125. The van der Waals surface area contributed by atoms with Crippen molar-refractivity contribution in [2.45, 2.75) is 23.7 Å². The molecule has 1 aromatic rings. The number of aromatic amines is 1. The molecule has 4 N–H and O–H groups in total. The molecular formula is C11H24N4O5SSi. The summed E-state index contributed by atoms with van der Waals surface area (Å²) in [5.41, 5.74) is 5.41. The number of nitrogens with two attached hydrogens (primary N) is 1. The number of hydrogen-bond acceptors (Lipinski definition) is 9. The fraction of sp³-hybridized carbons (Fsp3) is 0.818. The van der Waals surface area contributed by atoms with Gasteiger partial charge < -0.3 is 28.9 Å². The van der Waals surface area contributed by atoms with Gasteiger partial charge in [-0.15, -0.1) is 5.10 Å². The Morgan fingerprint density at radius 3 is 2.55 bits per heavy atom. The molecule has 128 valence electrons. The summed E-state index contributed by atoms with van der Waals surface area (Å²) in [6, 6.07) is 0.664. The Balaban J connectivity index is 2.11. The van der Waals surface area contributed by atoms with Crippen LogP contribution < -0.4 is 5.73 Å². The number of anilines is 1. The van der Waals surface area contributed by atoms with Gasteiger partial charge in [0.2, 0.25) is 11.1 Å². The molecule has 11 heteroatoms. The fourth-order valence-electron chi connectivity index (χ4n) is 1.71. The molecule has 1 atom stereocenters. The van der Waals surface area contributed by atoms with E-state index in [1.807, 2.05) is 0 Å². The third kappa shape index (κ3) is 6.60. The van der Waals surface area contributed by atoms with Crippen molar-refractivity contribution in [3.63, 3.8) is 0 Å². The molecule has 0 aromatic carbocycles. The minimum absolute atomic E-state index is 0.244. The van der Waals surface area contributed by atoms with Crippen LogP contribution >= 0.6 is 11.8 Å². The number of rotatable bonds is 12. The Bertz CT molecular complexity index is 413. The number of H-pyrrole nitrogens is 1. The first-order valence-corrected chi connectivity index (χ1v) is 9.69. The van der Waals surface area contributed by atoms with Crippen molar-refractivity contribution < 1.29 is 23.1 Å². The topological polar surface area (TPSA) is 125 Å². The number of thioether (sulfide) groups is 1. The molecule has 0 saturated carbocycles. The monoisotopic (exact) mass is 352 g/mol. The van der Waals surface area contributed by atoms with Crippen molar-refractivity contribution in [3.05, 3.63) is 0 Å². The highest BCUT2D eigenvalue weighted by Crippen LogP contribution is 2.16. The second-order valence-electron chi connectivity index (χ2n) is 4.44. The lowest BCUT2D eigenvalue weighted by molar-refractivity contribution is 0.0461. The van der Waals surface area contributed by atoms with Gasteiger partial charge in [-0.05, 0) is 6.42 Å². The van der Waals surface area contributed by atoms with Crippen molar-refractivity contribution >= 4 is 26.5 Å². The summed E-state index contributed by atoms with van der Waals surface area (Å²) in [5, 5.41) is 16.7. The van der Waals surface area contributed by atoms with Crippen molar-refractivity contribution in [2.75, 3.05) is 46.0 Å². The highest BCUT2D eigenvalue weighted by molar-refractivity contribution is 7.99. The predicted molar refractivity (Wildman–Crippen MR) is 84.5 cm³/mol. The third-order valence-electron chi connectivity index (χ3n) is 2.90. The lowest BCUT2D eigenvalue weighted by Crippen LogP contribution is -2.42. The number of aliphatic hydroxyl groups is 1. The van der Waals surface area contributed by atoms with Gasteiger partial charge in [0.1, 0.15) is 0 Å². The quantitative estimate of drug-likeness (QED) is 0.273. The van der Waals surface area contributed by atoms with Gasteiger partial charge in [0.25, 0.3) is 0 Å². The first kappa shape index (κ1) is 19.4. The number of nitrogens with one attached hydrogen (secondary N) is 1. The van der Waals surface area contributed by atoms with Gasteiger partial charge in [0.05, 0.1) is 12.7 Å². The van der Waals surface area contributed by atoms with Crippen LogP contribution in [-0.4, -0.2) is 75.5 Å². The number of aliphatic hydroxyl groups excluding tert-OH is 1. The largest absolute Gasteiger partial charge is 0.500 e. The van der Waals surface area contributed by atoms with Crippen LogP contribution in [0.4, 0.5) is 5.95 Å². The van der Waals surface area contributed by atoms with Crippen molar-refractivity contribution in [1.82, 2.24) is 15.2 Å². The number of aromatic nitrogens is 3. The van der Waals surface area contributed by atoms with E-state index in [2.05, 4.69) is 15.2 Å². The zero-order valence-electron chi connectivity index (χ0n) is 13.1. The van der Waals surface area contributed by atoms with Gasteiger partial charge in [-0.2, -0.15) is 4.98 Å². The molecule has 0 bridgehead atoms. The number of hydrogen-bond donors (Lipinski definition) is 3. The Morgan fingerprint density at radius 2 is 2.00 bits per heavy atom. The van der Waals surface area contributed by atoms with E-state index in [4.69, 9.17) is 23.7 Å². The Morgan fingerprint density at radius 1 is 1.32 bits per heavy atom. The van der Waals surface area contributed by atoms with Crippen LogP contribution in [0.5, 0.6) is 0 Å². The molecule has 0 radical (unpaired) electrons. The summed E-state index contributed by atoms with van der Waals surface area (Å²) in [4.78, 5) is 3.93. The molecule has 0 aliphatic rings. The van der Waals surface area contributed by atoms with Gasteiger partial charge in [-0.1, -0.05) is 11.8 Å². The molecule has 22 heavy (non-hydrogen) atoms. The van der Waals surface area contributed by atoms with E-state index in [0.29, 0.717) is 23.6 Å². The van der Waals surface area contributed by atoms with Crippen LogP contribution in [0.2, 0.25) is 6.04 Å². The Hall–Kier alpha value is -0.693. The molecular weight excluding hydrogens is 328 g/mol. The van der Waals surface area contributed by atoms with E-state index in [0.717, 1.165) is 6.42 Å². The van der Waals surface area contributed by atoms with Crippen LogP contribution in [0, 0.1) is 0 Å². The summed E-state index contributed by atoms with van der Waals surface area (Å²) in [6.07, 6.45) is 0.137. The maximum Gasteiger partial charge on any atom is 0.500 e. The Kier molecular flexibility index (Phi) is 8.93. The SMILES string of the molecule is CO[Si](CCCOCC(O)CSc1n[nH]c(N)n1)(OC)OC. The van der Waals surface area contributed by atoms with E-state index in [-0.39, 0.29) is 12.6 Å². The molecule has 9 nitrogen and oxygen atoms in total. The van der Waals surface area contributed by atoms with E-state index in [9.17, 15) is 5.11 Å². The van der Waals surface area contributed by atoms with Crippen molar-refractivity contribution in [3.8, 4) is 0 Å². The molecule has 0 fully saturated rings. The first-order valence-electron chi connectivity index (χ1n) is 6.77. The smallest absolute Gasteiger partial charge is 0.390 e. The highest BCUT2D eigenvalue weighted by atomic mass is 32.2. The second-order valence-corrected chi connectivity index (χ2v) is 8.52. The maximum absolute atomic E-state index is 9.81. The molecule has 1 unspecified atom stereocenters. The van der Waals surface area contributed by atoms with Crippen molar-refractivity contribution in [1.29, 1.82) is 0 Å². The molecule has 0 aliphatic carbocycles. The molecule has 0 aliphatic heterocycles. The minimum Gasteiger partial charge on any atom is -0.390 e. The molecule has 1 rings (SSSR count). The summed E-state index contributed by atoms with van der Waals surface area (Å²) in [7, 11) is 2.21. The van der Waals surface area contributed by atoms with Gasteiger partial charge in [-0.3, -0.25) is 0 Å². The highest BCUT2D eigenvalue weighted by Gasteiger charge is 2.36. The number of ether oxygens (including phenoxy) is 1. The van der Waals surface area contributed by atoms with Crippen LogP contribution in [0.3, 0.4) is 0 Å². The van der Waals surface area contributed by atoms with E-state index < -0.39 is 14.9 Å². The molecule has 1 aromatic heterocycles. The number of nitrogen functional groups attached to an aromatic ring is 1. The van der Waals surface area contributed by atoms with Crippen LogP contribution in [0.25, 0.3) is 0 Å². The fourth-order valence-corrected chi connectivity index (χ4v) is 4.11. The standard InChI is InChI=1S/C11H24N4O5SSi/c1-17-22(18-2,19-3)6-4-5-20-7-9(16)8-21-11-13-10(12)14-15-11/h9,16H,4-8H2,1-3H3,(H3,12,13,14,15). The zero-order valence-corrected chi connectivity index (χ0v) is 14.9. The average Bonchev–Trinajstić information content (AvgIpc) is 2.95. The van der Waals surface area contributed by atoms with Gasteiger partial charge in [0, 0.05) is 39.7 Å².